The van der Waals surface area contributed by atoms with Crippen LogP contribution in [0.25, 0.3) is 6.08 Å². The summed E-state index contributed by atoms with van der Waals surface area (Å²) < 4.78 is 5.34. The van der Waals surface area contributed by atoms with Crippen LogP contribution in [0.4, 0.5) is 0 Å². The number of nitrogens with zero attached hydrogens (tertiary/aromatic N) is 1. The van der Waals surface area contributed by atoms with Crippen molar-refractivity contribution in [1.82, 2.24) is 0 Å². The first-order valence-corrected chi connectivity index (χ1v) is 8.05. The number of carbonyl (C=O) groups is 2. The molecule has 0 spiro atoms. The van der Waals surface area contributed by atoms with Crippen molar-refractivity contribution in [3.8, 4) is 11.8 Å². The van der Waals surface area contributed by atoms with Crippen molar-refractivity contribution in [3.63, 3.8) is 0 Å². The summed E-state index contributed by atoms with van der Waals surface area (Å²) in [6, 6.07) is 15.5. The molecule has 0 heterocycles. The van der Waals surface area contributed by atoms with E-state index in [1.54, 1.807) is 42.5 Å². The number of hydrogen-bond donors (Lipinski definition) is 1. The minimum Gasteiger partial charge on any atom is -0.423 e. The summed E-state index contributed by atoms with van der Waals surface area (Å²) in [5, 5.41) is 8.84. The van der Waals surface area contributed by atoms with Crippen LogP contribution in [0.15, 0.2) is 54.1 Å². The molecule has 1 amide bonds. The first-order chi connectivity index (χ1) is 12.2. The summed E-state index contributed by atoms with van der Waals surface area (Å²) in [5.41, 5.74) is 7.16. The smallest absolute Gasteiger partial charge is 0.343 e. The van der Waals surface area contributed by atoms with Crippen LogP contribution in [0.2, 0.25) is 0 Å². The molecule has 0 radical (unpaired) electrons. The molecule has 2 aromatic carbocycles. The van der Waals surface area contributed by atoms with Gasteiger partial charge in [-0.15, -0.1) is 0 Å². The molecule has 5 heteroatoms. The van der Waals surface area contributed by atoms with Crippen LogP contribution in [-0.4, -0.2) is 11.9 Å². The van der Waals surface area contributed by atoms with Gasteiger partial charge in [-0.25, -0.2) is 4.79 Å². The molecule has 26 heavy (non-hydrogen) atoms. The normalized spacial score (nSPS) is 11.5. The predicted molar refractivity (Wildman–Crippen MR) is 99.3 cm³/mol. The maximum absolute atomic E-state index is 12.2. The van der Waals surface area contributed by atoms with Gasteiger partial charge in [-0.2, -0.15) is 5.26 Å². The van der Waals surface area contributed by atoms with Crippen molar-refractivity contribution in [2.24, 2.45) is 5.73 Å². The fraction of sp³-hybridized carbons (Fsp3) is 0.190. The molecule has 0 aliphatic carbocycles. The van der Waals surface area contributed by atoms with Gasteiger partial charge in [0.05, 0.1) is 5.56 Å². The second-order valence-corrected chi connectivity index (χ2v) is 6.82. The van der Waals surface area contributed by atoms with E-state index >= 15 is 0 Å². The first-order valence-electron chi connectivity index (χ1n) is 8.05. The fourth-order valence-electron chi connectivity index (χ4n) is 2.23. The van der Waals surface area contributed by atoms with E-state index in [1.165, 1.54) is 6.08 Å². The van der Waals surface area contributed by atoms with Gasteiger partial charge >= 0.3 is 5.97 Å². The summed E-state index contributed by atoms with van der Waals surface area (Å²) in [7, 11) is 0. The highest BCUT2D eigenvalue weighted by Gasteiger charge is 2.15. The van der Waals surface area contributed by atoms with Crippen molar-refractivity contribution < 1.29 is 14.3 Å². The molecule has 0 saturated heterocycles. The lowest BCUT2D eigenvalue weighted by atomic mass is 9.87. The minimum absolute atomic E-state index is 0.0129. The lowest BCUT2D eigenvalue weighted by molar-refractivity contribution is -0.114. The van der Waals surface area contributed by atoms with E-state index < -0.39 is 11.9 Å². The van der Waals surface area contributed by atoms with E-state index in [9.17, 15) is 9.59 Å². The average Bonchev–Trinajstić information content (AvgIpc) is 2.60. The Kier molecular flexibility index (Phi) is 5.58. The first kappa shape index (κ1) is 18.9. The number of amides is 1. The molecule has 2 N–H and O–H groups in total. The van der Waals surface area contributed by atoms with Gasteiger partial charge in [0.2, 0.25) is 0 Å². The summed E-state index contributed by atoms with van der Waals surface area (Å²) in [4.78, 5) is 23.3. The molecule has 0 saturated carbocycles. The maximum atomic E-state index is 12.2. The number of primary amides is 1. The Labute approximate surface area is 152 Å². The highest BCUT2D eigenvalue weighted by Crippen LogP contribution is 2.23. The number of nitriles is 1. The Balaban J connectivity index is 2.10. The van der Waals surface area contributed by atoms with Crippen LogP contribution in [0, 0.1) is 11.3 Å². The molecule has 0 atom stereocenters. The van der Waals surface area contributed by atoms with Gasteiger partial charge in [-0.3, -0.25) is 4.79 Å². The standard InChI is InChI=1S/C21H20N2O3/c1-21(2,3)17-8-6-15(7-9-17)20(25)26-18-10-4-14(5-11-18)12-16(13-22)19(23)24/h4-12H,1-3H3,(H2,23,24). The zero-order chi connectivity index (χ0) is 19.3. The predicted octanol–water partition coefficient (Wildman–Crippen LogP) is 3.60. The average molecular weight is 348 g/mol. The van der Waals surface area contributed by atoms with Crippen molar-refractivity contribution in [1.29, 1.82) is 5.26 Å². The van der Waals surface area contributed by atoms with E-state index in [4.69, 9.17) is 15.7 Å². The highest BCUT2D eigenvalue weighted by atomic mass is 16.5. The number of rotatable bonds is 4. The van der Waals surface area contributed by atoms with Crippen LogP contribution in [0.3, 0.4) is 0 Å². The second kappa shape index (κ2) is 7.66. The Bertz CT molecular complexity index is 881. The molecule has 2 aromatic rings. The molecule has 0 unspecified atom stereocenters. The molecule has 0 fully saturated rings. The Morgan fingerprint density at radius 2 is 1.62 bits per heavy atom. The van der Waals surface area contributed by atoms with Gasteiger partial charge in [0, 0.05) is 0 Å². The Morgan fingerprint density at radius 1 is 1.04 bits per heavy atom. The van der Waals surface area contributed by atoms with E-state index in [2.05, 4.69) is 20.8 Å². The van der Waals surface area contributed by atoms with Gasteiger partial charge in [-0.1, -0.05) is 45.0 Å². The van der Waals surface area contributed by atoms with E-state index in [-0.39, 0.29) is 11.0 Å². The van der Waals surface area contributed by atoms with Gasteiger partial charge < -0.3 is 10.5 Å². The third kappa shape index (κ3) is 4.81. The third-order valence-corrected chi connectivity index (χ3v) is 3.77. The molecular formula is C21H20N2O3. The molecule has 132 valence electrons. The van der Waals surface area contributed by atoms with Crippen molar-refractivity contribution in [2.75, 3.05) is 0 Å². The Morgan fingerprint density at radius 3 is 2.08 bits per heavy atom. The molecule has 2 rings (SSSR count). The molecule has 0 aromatic heterocycles. The van der Waals surface area contributed by atoms with Gasteiger partial charge in [0.15, 0.2) is 0 Å². The van der Waals surface area contributed by atoms with Crippen LogP contribution in [-0.2, 0) is 10.2 Å². The Hall–Kier alpha value is -3.39. The van der Waals surface area contributed by atoms with Crippen molar-refractivity contribution in [3.05, 3.63) is 70.8 Å². The number of ether oxygens (including phenoxy) is 1. The quantitative estimate of drug-likeness (QED) is 0.395. The molecular weight excluding hydrogens is 328 g/mol. The summed E-state index contributed by atoms with van der Waals surface area (Å²) in [5.74, 6) is -0.880. The highest BCUT2D eigenvalue weighted by molar-refractivity contribution is 6.00. The van der Waals surface area contributed by atoms with Crippen molar-refractivity contribution in [2.45, 2.75) is 26.2 Å². The summed E-state index contributed by atoms with van der Waals surface area (Å²) in [6.07, 6.45) is 1.37. The lowest BCUT2D eigenvalue weighted by Crippen LogP contribution is -2.13. The summed E-state index contributed by atoms with van der Waals surface area (Å²) >= 11 is 0. The third-order valence-electron chi connectivity index (χ3n) is 3.77. The van der Waals surface area contributed by atoms with Crippen LogP contribution in [0.1, 0.15) is 42.3 Å². The molecule has 5 nitrogen and oxygen atoms in total. The van der Waals surface area contributed by atoms with E-state index in [0.717, 1.165) is 5.56 Å². The van der Waals surface area contributed by atoms with E-state index in [0.29, 0.717) is 16.9 Å². The monoisotopic (exact) mass is 348 g/mol. The zero-order valence-electron chi connectivity index (χ0n) is 14.9. The van der Waals surface area contributed by atoms with Crippen molar-refractivity contribution >= 4 is 18.0 Å². The number of hydrogen-bond acceptors (Lipinski definition) is 4. The number of esters is 1. The number of carbonyl (C=O) groups excluding carboxylic acids is 2. The maximum Gasteiger partial charge on any atom is 0.343 e. The van der Waals surface area contributed by atoms with Gasteiger partial charge in [0.25, 0.3) is 5.91 Å². The van der Waals surface area contributed by atoms with Crippen LogP contribution >= 0.6 is 0 Å². The summed E-state index contributed by atoms with van der Waals surface area (Å²) in [6.45, 7) is 6.31. The fourth-order valence-corrected chi connectivity index (χ4v) is 2.23. The number of benzene rings is 2. The van der Waals surface area contributed by atoms with Crippen LogP contribution in [0.5, 0.6) is 5.75 Å². The minimum atomic E-state index is -0.790. The molecule has 0 aliphatic heterocycles. The zero-order valence-corrected chi connectivity index (χ0v) is 14.9. The lowest BCUT2D eigenvalue weighted by Gasteiger charge is -2.18. The molecule has 0 bridgehead atoms. The SMILES string of the molecule is CC(C)(C)c1ccc(C(=O)Oc2ccc(C=C(C#N)C(N)=O)cc2)cc1. The number of nitrogens with two attached hydrogens (primary N) is 1. The molecule has 0 aliphatic rings. The topological polar surface area (TPSA) is 93.2 Å². The second-order valence-electron chi connectivity index (χ2n) is 6.82. The largest absolute Gasteiger partial charge is 0.423 e. The van der Waals surface area contributed by atoms with Crippen LogP contribution < -0.4 is 10.5 Å². The van der Waals surface area contributed by atoms with Gasteiger partial charge in [0.1, 0.15) is 17.4 Å². The van der Waals surface area contributed by atoms with E-state index in [1.807, 2.05) is 12.1 Å². The van der Waals surface area contributed by atoms with Gasteiger partial charge in [-0.05, 0) is 46.9 Å².